The fourth-order valence-electron chi connectivity index (χ4n) is 7.91. The van der Waals surface area contributed by atoms with E-state index >= 15 is 0 Å². The van der Waals surface area contributed by atoms with Crippen molar-refractivity contribution in [2.75, 3.05) is 6.61 Å². The Morgan fingerprint density at radius 1 is 0.469 bits per heavy atom. The van der Waals surface area contributed by atoms with E-state index in [4.69, 9.17) is 4.74 Å². The van der Waals surface area contributed by atoms with Crippen LogP contribution in [0.4, 0.5) is 0 Å². The first-order valence-corrected chi connectivity index (χ1v) is 27.2. The number of aliphatic hydroxyl groups excluding tert-OH is 2. The lowest BCUT2D eigenvalue weighted by molar-refractivity contribution is -0.151. The molecule has 0 rings (SSSR count). The molecule has 0 fully saturated rings. The minimum atomic E-state index is -0.800. The van der Waals surface area contributed by atoms with Crippen molar-refractivity contribution in [2.24, 2.45) is 0 Å². The highest BCUT2D eigenvalue weighted by Gasteiger charge is 2.24. The first-order valence-electron chi connectivity index (χ1n) is 27.2. The van der Waals surface area contributed by atoms with Gasteiger partial charge >= 0.3 is 5.97 Å². The van der Waals surface area contributed by atoms with Crippen molar-refractivity contribution in [3.8, 4) is 0 Å². The van der Waals surface area contributed by atoms with Crippen molar-refractivity contribution in [1.82, 2.24) is 5.32 Å². The van der Waals surface area contributed by atoms with E-state index in [0.717, 1.165) is 103 Å². The molecule has 1 amide bonds. The van der Waals surface area contributed by atoms with Gasteiger partial charge in [-0.1, -0.05) is 229 Å². The molecule has 0 aliphatic carbocycles. The minimum Gasteiger partial charge on any atom is -0.462 e. The molecule has 6 nitrogen and oxygen atoms in total. The summed E-state index contributed by atoms with van der Waals surface area (Å²) in [5.41, 5.74) is 0. The van der Waals surface area contributed by atoms with E-state index < -0.39 is 18.2 Å². The molecule has 0 saturated heterocycles. The van der Waals surface area contributed by atoms with Gasteiger partial charge < -0.3 is 20.3 Å². The Morgan fingerprint density at radius 2 is 0.859 bits per heavy atom. The van der Waals surface area contributed by atoms with Crippen molar-refractivity contribution < 1.29 is 24.5 Å². The number of carbonyl (C=O) groups is 2. The molecule has 0 aromatic carbocycles. The van der Waals surface area contributed by atoms with Crippen LogP contribution in [0.3, 0.4) is 0 Å². The van der Waals surface area contributed by atoms with Crippen LogP contribution in [0, 0.1) is 0 Å². The summed E-state index contributed by atoms with van der Waals surface area (Å²) in [7, 11) is 0. The van der Waals surface area contributed by atoms with Crippen LogP contribution in [0.2, 0.25) is 0 Å². The SMILES string of the molecule is CCCCC/C=C\C/C=C\C/C=C\CCCCCCC(CC(=O)NC(CO)C(O)CCCCCCCCCCCC)OC(=O)CCCCCCC/C=C/C=C/C=C/CCCCCCC. The third kappa shape index (κ3) is 45.9. The molecule has 3 unspecified atom stereocenters. The number of esters is 1. The second kappa shape index (κ2) is 51.3. The minimum absolute atomic E-state index is 0.0518. The molecule has 0 aliphatic heterocycles. The Kier molecular flexibility index (Phi) is 49.1. The number of hydrogen-bond acceptors (Lipinski definition) is 5. The monoisotopic (exact) mass is 894 g/mol. The Morgan fingerprint density at radius 3 is 1.36 bits per heavy atom. The summed E-state index contributed by atoms with van der Waals surface area (Å²) in [5, 5.41) is 23.7. The van der Waals surface area contributed by atoms with Crippen LogP contribution in [0.5, 0.6) is 0 Å². The molecule has 0 saturated carbocycles. The fraction of sp³-hybridized carbons (Fsp3) is 0.759. The summed E-state index contributed by atoms with van der Waals surface area (Å²) >= 11 is 0. The van der Waals surface area contributed by atoms with Crippen LogP contribution in [-0.4, -0.2) is 46.9 Å². The lowest BCUT2D eigenvalue weighted by Gasteiger charge is -2.24. The van der Waals surface area contributed by atoms with E-state index in [1.54, 1.807) is 0 Å². The predicted octanol–water partition coefficient (Wildman–Crippen LogP) is 16.6. The normalized spacial score (nSPS) is 13.8. The number of allylic oxidation sites excluding steroid dienone is 12. The zero-order valence-corrected chi connectivity index (χ0v) is 42.1. The number of ether oxygens (including phenoxy) is 1. The number of rotatable bonds is 48. The van der Waals surface area contributed by atoms with Crippen LogP contribution in [0.15, 0.2) is 72.9 Å². The molecule has 0 aliphatic rings. The van der Waals surface area contributed by atoms with Gasteiger partial charge in [0.05, 0.1) is 25.2 Å². The van der Waals surface area contributed by atoms with Gasteiger partial charge in [-0.3, -0.25) is 9.59 Å². The maximum atomic E-state index is 13.2. The van der Waals surface area contributed by atoms with Crippen LogP contribution < -0.4 is 5.32 Å². The standard InChI is InChI=1S/C58H103NO5/c1-4-7-10-13-16-19-22-24-26-28-30-32-34-36-39-42-45-48-51-58(63)64-54(49-46-43-40-37-35-33-31-29-27-25-23-20-17-14-11-8-5-2)52-57(62)59-55(53-60)56(61)50-47-44-41-38-21-18-15-12-9-6-3/h17,20,22,24-28,30-33,54-56,60-61H,4-16,18-19,21,23,29,34-53H2,1-3H3,(H,59,62)/b20-17-,24-22+,27-25-,28-26+,32-30+,33-31-. The second-order valence-electron chi connectivity index (χ2n) is 18.3. The molecular formula is C58H103NO5. The average Bonchev–Trinajstić information content (AvgIpc) is 3.29. The highest BCUT2D eigenvalue weighted by Crippen LogP contribution is 2.17. The van der Waals surface area contributed by atoms with Crippen molar-refractivity contribution in [1.29, 1.82) is 0 Å². The van der Waals surface area contributed by atoms with E-state index in [1.807, 2.05) is 0 Å². The summed E-state index contributed by atoms with van der Waals surface area (Å²) in [6.45, 7) is 6.42. The molecule has 64 heavy (non-hydrogen) atoms. The maximum Gasteiger partial charge on any atom is 0.306 e. The summed E-state index contributed by atoms with van der Waals surface area (Å²) in [4.78, 5) is 26.2. The molecule has 0 spiro atoms. The van der Waals surface area contributed by atoms with Crippen LogP contribution in [0.1, 0.15) is 258 Å². The van der Waals surface area contributed by atoms with Gasteiger partial charge in [0, 0.05) is 6.42 Å². The predicted molar refractivity (Wildman–Crippen MR) is 278 cm³/mol. The molecule has 3 N–H and O–H groups in total. The van der Waals surface area contributed by atoms with Crippen molar-refractivity contribution in [3.05, 3.63) is 72.9 Å². The van der Waals surface area contributed by atoms with Gasteiger partial charge in [0.1, 0.15) is 6.10 Å². The van der Waals surface area contributed by atoms with Crippen molar-refractivity contribution >= 4 is 11.9 Å². The summed E-state index contributed by atoms with van der Waals surface area (Å²) in [6, 6.07) is -0.716. The number of aliphatic hydroxyl groups is 2. The maximum absolute atomic E-state index is 13.2. The van der Waals surface area contributed by atoms with E-state index in [1.165, 1.54) is 109 Å². The zero-order valence-electron chi connectivity index (χ0n) is 42.1. The second-order valence-corrected chi connectivity index (χ2v) is 18.3. The number of amides is 1. The molecule has 6 heteroatoms. The summed E-state index contributed by atoms with van der Waals surface area (Å²) in [6.07, 6.45) is 65.3. The van der Waals surface area contributed by atoms with E-state index in [2.05, 4.69) is 99.0 Å². The van der Waals surface area contributed by atoms with E-state index in [0.29, 0.717) is 19.3 Å². The van der Waals surface area contributed by atoms with Crippen LogP contribution in [0.25, 0.3) is 0 Å². The lowest BCUT2D eigenvalue weighted by Crippen LogP contribution is -2.46. The summed E-state index contributed by atoms with van der Waals surface area (Å²) < 4.78 is 5.93. The topological polar surface area (TPSA) is 95.9 Å². The van der Waals surface area contributed by atoms with Crippen molar-refractivity contribution in [2.45, 2.75) is 277 Å². The first kappa shape index (κ1) is 61.3. The van der Waals surface area contributed by atoms with Gasteiger partial charge in [-0.2, -0.15) is 0 Å². The van der Waals surface area contributed by atoms with E-state index in [9.17, 15) is 19.8 Å². The highest BCUT2D eigenvalue weighted by atomic mass is 16.5. The fourth-order valence-corrected chi connectivity index (χ4v) is 7.91. The molecule has 370 valence electrons. The van der Waals surface area contributed by atoms with Gasteiger partial charge in [-0.05, 0) is 89.9 Å². The Labute approximate surface area is 396 Å². The first-order chi connectivity index (χ1) is 31.5. The molecule has 0 bridgehead atoms. The third-order valence-electron chi connectivity index (χ3n) is 12.1. The lowest BCUT2D eigenvalue weighted by atomic mass is 10.0. The highest BCUT2D eigenvalue weighted by molar-refractivity contribution is 5.77. The largest absolute Gasteiger partial charge is 0.462 e. The third-order valence-corrected chi connectivity index (χ3v) is 12.1. The number of unbranched alkanes of at least 4 members (excludes halogenated alkanes) is 26. The molecule has 0 heterocycles. The summed E-state index contributed by atoms with van der Waals surface area (Å²) in [5.74, 6) is -0.518. The Balaban J connectivity index is 4.67. The van der Waals surface area contributed by atoms with Gasteiger partial charge in [0.2, 0.25) is 5.91 Å². The van der Waals surface area contributed by atoms with Gasteiger partial charge in [0.25, 0.3) is 0 Å². The number of carbonyl (C=O) groups excluding carboxylic acids is 2. The zero-order chi connectivity index (χ0) is 46.7. The molecule has 0 radical (unpaired) electrons. The number of nitrogens with one attached hydrogen (secondary N) is 1. The quantitative estimate of drug-likeness (QED) is 0.0245. The molecular weight excluding hydrogens is 791 g/mol. The van der Waals surface area contributed by atoms with Gasteiger partial charge in [-0.25, -0.2) is 0 Å². The van der Waals surface area contributed by atoms with Gasteiger partial charge in [0.15, 0.2) is 0 Å². The van der Waals surface area contributed by atoms with Gasteiger partial charge in [-0.15, -0.1) is 0 Å². The van der Waals surface area contributed by atoms with Crippen molar-refractivity contribution in [3.63, 3.8) is 0 Å². The smallest absolute Gasteiger partial charge is 0.306 e. The average molecular weight is 894 g/mol. The van der Waals surface area contributed by atoms with E-state index in [-0.39, 0.29) is 24.9 Å². The van der Waals surface area contributed by atoms with Crippen LogP contribution >= 0.6 is 0 Å². The molecule has 3 atom stereocenters. The number of hydrogen-bond donors (Lipinski definition) is 3. The Hall–Kier alpha value is -2.70. The molecule has 0 aromatic rings. The van der Waals surface area contributed by atoms with Crippen LogP contribution in [-0.2, 0) is 14.3 Å². The Bertz CT molecular complexity index is 1190. The molecule has 0 aromatic heterocycles.